The number of benzene rings is 1. The number of rotatable bonds is 4. The van der Waals surface area contributed by atoms with Crippen LogP contribution in [0.3, 0.4) is 0 Å². The monoisotopic (exact) mass is 309 g/mol. The lowest BCUT2D eigenvalue weighted by Crippen LogP contribution is -2.47. The van der Waals surface area contributed by atoms with Crippen LogP contribution in [0, 0.1) is 11.3 Å². The molecule has 0 bridgehead atoms. The summed E-state index contributed by atoms with van der Waals surface area (Å²) >= 11 is 0. The highest BCUT2D eigenvalue weighted by Gasteiger charge is 2.27. The van der Waals surface area contributed by atoms with Crippen molar-refractivity contribution in [3.05, 3.63) is 42.2 Å². The second-order valence-corrected chi connectivity index (χ2v) is 5.93. The largest absolute Gasteiger partial charge is 0.329 e. The Hall–Kier alpha value is -2.16. The summed E-state index contributed by atoms with van der Waals surface area (Å²) < 4.78 is 2.05. The Kier molecular flexibility index (Phi) is 4.75. The van der Waals surface area contributed by atoms with Gasteiger partial charge in [0.15, 0.2) is 0 Å². The van der Waals surface area contributed by atoms with Crippen LogP contribution in [0.25, 0.3) is 11.4 Å². The summed E-state index contributed by atoms with van der Waals surface area (Å²) in [6.07, 6.45) is 1.85. The maximum Gasteiger partial charge on any atom is 0.140 e. The standard InChI is InChI=1S/C18H23N5/c1-3-22-9-11-23(12-10-22)16(13-19)17-14-20-18(21(17)2)15-7-5-4-6-8-15/h4-8,14,16H,3,9-12H2,1-2H3. The van der Waals surface area contributed by atoms with E-state index in [2.05, 4.69) is 32.3 Å². The first-order valence-corrected chi connectivity index (χ1v) is 8.17. The molecule has 3 rings (SSSR count). The minimum absolute atomic E-state index is 0.232. The molecule has 1 aliphatic heterocycles. The van der Waals surface area contributed by atoms with Crippen LogP contribution in [0.4, 0.5) is 0 Å². The van der Waals surface area contributed by atoms with E-state index in [-0.39, 0.29) is 6.04 Å². The number of aromatic nitrogens is 2. The number of hydrogen-bond acceptors (Lipinski definition) is 4. The van der Waals surface area contributed by atoms with Crippen molar-refractivity contribution in [1.29, 1.82) is 5.26 Å². The molecule has 120 valence electrons. The molecule has 0 spiro atoms. The number of nitriles is 1. The van der Waals surface area contributed by atoms with E-state index in [0.717, 1.165) is 49.8 Å². The van der Waals surface area contributed by atoms with Crippen LogP contribution in [0.5, 0.6) is 0 Å². The SMILES string of the molecule is CCN1CCN(C(C#N)c2cnc(-c3ccccc3)n2C)CC1. The van der Waals surface area contributed by atoms with Gasteiger partial charge in [0.05, 0.1) is 18.0 Å². The number of likely N-dealkylation sites (N-methyl/N-ethyl adjacent to an activating group) is 1. The van der Waals surface area contributed by atoms with E-state index in [9.17, 15) is 5.26 Å². The molecule has 0 amide bonds. The lowest BCUT2D eigenvalue weighted by Gasteiger charge is -2.36. The van der Waals surface area contributed by atoms with Crippen LogP contribution in [0.1, 0.15) is 18.7 Å². The Morgan fingerprint density at radius 1 is 1.17 bits per heavy atom. The molecular weight excluding hydrogens is 286 g/mol. The molecule has 1 aromatic heterocycles. The zero-order valence-electron chi connectivity index (χ0n) is 13.8. The summed E-state index contributed by atoms with van der Waals surface area (Å²) in [6, 6.07) is 12.4. The fraction of sp³-hybridized carbons (Fsp3) is 0.444. The summed E-state index contributed by atoms with van der Waals surface area (Å²) in [6.45, 7) is 7.17. The van der Waals surface area contributed by atoms with Gasteiger partial charge < -0.3 is 9.47 Å². The molecule has 0 aliphatic carbocycles. The summed E-state index contributed by atoms with van der Waals surface area (Å²) in [5.74, 6) is 0.910. The highest BCUT2D eigenvalue weighted by atomic mass is 15.3. The minimum atomic E-state index is -0.232. The van der Waals surface area contributed by atoms with Crippen molar-refractivity contribution in [2.24, 2.45) is 7.05 Å². The van der Waals surface area contributed by atoms with Crippen LogP contribution in [-0.2, 0) is 7.05 Å². The first-order chi connectivity index (χ1) is 11.2. The minimum Gasteiger partial charge on any atom is -0.329 e. The quantitative estimate of drug-likeness (QED) is 0.869. The molecule has 0 saturated carbocycles. The van der Waals surface area contributed by atoms with Gasteiger partial charge in [-0.2, -0.15) is 5.26 Å². The molecule has 0 N–H and O–H groups in total. The molecule has 1 atom stereocenters. The average molecular weight is 309 g/mol. The van der Waals surface area contributed by atoms with E-state index in [0.29, 0.717) is 0 Å². The number of nitrogens with zero attached hydrogens (tertiary/aromatic N) is 5. The van der Waals surface area contributed by atoms with E-state index in [4.69, 9.17) is 0 Å². The van der Waals surface area contributed by atoms with Gasteiger partial charge in [0.1, 0.15) is 11.9 Å². The lowest BCUT2D eigenvalue weighted by molar-refractivity contribution is 0.116. The summed E-state index contributed by atoms with van der Waals surface area (Å²) in [5, 5.41) is 9.71. The van der Waals surface area contributed by atoms with Crippen LogP contribution in [0.2, 0.25) is 0 Å². The molecule has 23 heavy (non-hydrogen) atoms. The summed E-state index contributed by atoms with van der Waals surface area (Å²) in [4.78, 5) is 9.24. The van der Waals surface area contributed by atoms with Gasteiger partial charge in [-0.1, -0.05) is 37.3 Å². The molecular formula is C18H23N5. The van der Waals surface area contributed by atoms with Crippen molar-refractivity contribution in [1.82, 2.24) is 19.4 Å². The van der Waals surface area contributed by atoms with Gasteiger partial charge in [0.25, 0.3) is 0 Å². The highest BCUT2D eigenvalue weighted by molar-refractivity contribution is 5.56. The topological polar surface area (TPSA) is 48.1 Å². The molecule has 5 heteroatoms. The van der Waals surface area contributed by atoms with E-state index in [1.807, 2.05) is 43.6 Å². The Balaban J connectivity index is 1.83. The predicted octanol–water partition coefficient (Wildman–Crippen LogP) is 2.29. The van der Waals surface area contributed by atoms with Crippen LogP contribution >= 0.6 is 0 Å². The van der Waals surface area contributed by atoms with Gasteiger partial charge in [-0.15, -0.1) is 0 Å². The first-order valence-electron chi connectivity index (χ1n) is 8.17. The van der Waals surface area contributed by atoms with Gasteiger partial charge >= 0.3 is 0 Å². The summed E-state index contributed by atoms with van der Waals surface area (Å²) in [5.41, 5.74) is 2.05. The highest BCUT2D eigenvalue weighted by Crippen LogP contribution is 2.26. The van der Waals surface area contributed by atoms with Crippen LogP contribution in [0.15, 0.2) is 36.5 Å². The molecule has 1 unspecified atom stereocenters. The van der Waals surface area contributed by atoms with Crippen molar-refractivity contribution in [3.8, 4) is 17.5 Å². The van der Waals surface area contributed by atoms with Gasteiger partial charge in [-0.3, -0.25) is 4.90 Å². The number of hydrogen-bond donors (Lipinski definition) is 0. The van der Waals surface area contributed by atoms with Crippen LogP contribution < -0.4 is 0 Å². The lowest BCUT2D eigenvalue weighted by atomic mass is 10.1. The molecule has 1 fully saturated rings. The Labute approximate surface area is 137 Å². The molecule has 1 saturated heterocycles. The third kappa shape index (κ3) is 3.14. The van der Waals surface area contributed by atoms with E-state index in [1.54, 1.807) is 0 Å². The van der Waals surface area contributed by atoms with Gasteiger partial charge in [-0.05, 0) is 6.54 Å². The maximum absolute atomic E-state index is 9.71. The maximum atomic E-state index is 9.71. The second-order valence-electron chi connectivity index (χ2n) is 5.93. The van der Waals surface area contributed by atoms with Crippen molar-refractivity contribution in [2.45, 2.75) is 13.0 Å². The van der Waals surface area contributed by atoms with Crippen molar-refractivity contribution >= 4 is 0 Å². The number of imidazole rings is 1. The Bertz CT molecular complexity index is 677. The normalized spacial score (nSPS) is 17.8. The molecule has 1 aliphatic rings. The van der Waals surface area contributed by atoms with Gasteiger partial charge in [-0.25, -0.2) is 4.98 Å². The number of piperazine rings is 1. The Morgan fingerprint density at radius 3 is 2.48 bits per heavy atom. The predicted molar refractivity (Wildman–Crippen MR) is 90.7 cm³/mol. The second kappa shape index (κ2) is 6.95. The smallest absolute Gasteiger partial charge is 0.140 e. The van der Waals surface area contributed by atoms with E-state index in [1.165, 1.54) is 0 Å². The van der Waals surface area contributed by atoms with Crippen molar-refractivity contribution in [2.75, 3.05) is 32.7 Å². The zero-order chi connectivity index (χ0) is 16.2. The van der Waals surface area contributed by atoms with Crippen LogP contribution in [-0.4, -0.2) is 52.1 Å². The van der Waals surface area contributed by atoms with Gasteiger partial charge in [0, 0.05) is 38.8 Å². The molecule has 2 aromatic rings. The molecule has 2 heterocycles. The summed E-state index contributed by atoms with van der Waals surface area (Å²) in [7, 11) is 2.00. The third-order valence-corrected chi connectivity index (χ3v) is 4.68. The van der Waals surface area contributed by atoms with E-state index >= 15 is 0 Å². The van der Waals surface area contributed by atoms with Crippen molar-refractivity contribution in [3.63, 3.8) is 0 Å². The Morgan fingerprint density at radius 2 is 1.87 bits per heavy atom. The first kappa shape index (κ1) is 15.7. The van der Waals surface area contributed by atoms with Crippen molar-refractivity contribution < 1.29 is 0 Å². The molecule has 1 aromatic carbocycles. The fourth-order valence-electron chi connectivity index (χ4n) is 3.20. The fourth-order valence-corrected chi connectivity index (χ4v) is 3.20. The molecule has 5 nitrogen and oxygen atoms in total. The van der Waals surface area contributed by atoms with E-state index < -0.39 is 0 Å². The molecule has 0 radical (unpaired) electrons. The van der Waals surface area contributed by atoms with Gasteiger partial charge in [0.2, 0.25) is 0 Å². The third-order valence-electron chi connectivity index (χ3n) is 4.68. The average Bonchev–Trinajstić information content (AvgIpc) is 2.99. The zero-order valence-corrected chi connectivity index (χ0v) is 13.8.